The number of halogens is 1. The minimum absolute atomic E-state index is 0.478. The lowest BCUT2D eigenvalue weighted by atomic mass is 10.1. The lowest BCUT2D eigenvalue weighted by Gasteiger charge is -2.07. The van der Waals surface area contributed by atoms with Gasteiger partial charge in [-0.15, -0.1) is 0 Å². The standard InChI is InChI=1S/C13H13ClN2O/c1-17-13-5-10(2-3-12(13)14)11-4-9(6-15)7-16-8-11/h2-5,7-8H,6,15H2,1H3. The molecule has 17 heavy (non-hydrogen) atoms. The number of aromatic nitrogens is 1. The van der Waals surface area contributed by atoms with Gasteiger partial charge in [0.15, 0.2) is 0 Å². The van der Waals surface area contributed by atoms with E-state index in [1.54, 1.807) is 19.5 Å². The highest BCUT2D eigenvalue weighted by molar-refractivity contribution is 6.32. The van der Waals surface area contributed by atoms with Crippen molar-refractivity contribution >= 4 is 11.6 Å². The van der Waals surface area contributed by atoms with Gasteiger partial charge >= 0.3 is 0 Å². The number of hydrogen-bond acceptors (Lipinski definition) is 3. The van der Waals surface area contributed by atoms with Crippen molar-refractivity contribution < 1.29 is 4.74 Å². The van der Waals surface area contributed by atoms with Crippen molar-refractivity contribution in [2.45, 2.75) is 6.54 Å². The van der Waals surface area contributed by atoms with Crippen LogP contribution >= 0.6 is 11.6 Å². The molecule has 2 N–H and O–H groups in total. The Morgan fingerprint density at radius 3 is 2.76 bits per heavy atom. The average molecular weight is 249 g/mol. The second kappa shape index (κ2) is 5.17. The molecule has 2 aromatic rings. The SMILES string of the molecule is COc1cc(-c2cncc(CN)c2)ccc1Cl. The van der Waals surface area contributed by atoms with E-state index in [-0.39, 0.29) is 0 Å². The summed E-state index contributed by atoms with van der Waals surface area (Å²) in [6.45, 7) is 0.478. The first-order valence-electron chi connectivity index (χ1n) is 5.22. The van der Waals surface area contributed by atoms with Crippen LogP contribution in [0.2, 0.25) is 5.02 Å². The van der Waals surface area contributed by atoms with E-state index >= 15 is 0 Å². The Morgan fingerprint density at radius 2 is 2.06 bits per heavy atom. The first kappa shape index (κ1) is 11.9. The van der Waals surface area contributed by atoms with Gasteiger partial charge in [-0.25, -0.2) is 0 Å². The maximum Gasteiger partial charge on any atom is 0.138 e. The van der Waals surface area contributed by atoms with Crippen LogP contribution in [-0.2, 0) is 6.54 Å². The summed E-state index contributed by atoms with van der Waals surface area (Å²) in [5.74, 6) is 0.655. The summed E-state index contributed by atoms with van der Waals surface area (Å²) < 4.78 is 5.19. The zero-order chi connectivity index (χ0) is 12.3. The van der Waals surface area contributed by atoms with Crippen LogP contribution in [0.15, 0.2) is 36.7 Å². The van der Waals surface area contributed by atoms with Crippen molar-refractivity contribution in [3.05, 3.63) is 47.2 Å². The van der Waals surface area contributed by atoms with Gasteiger partial charge in [0.05, 0.1) is 12.1 Å². The summed E-state index contributed by atoms with van der Waals surface area (Å²) in [5.41, 5.74) is 8.60. The van der Waals surface area contributed by atoms with Crippen LogP contribution in [0.3, 0.4) is 0 Å². The van der Waals surface area contributed by atoms with E-state index < -0.39 is 0 Å². The first-order valence-corrected chi connectivity index (χ1v) is 5.60. The maximum atomic E-state index is 5.98. The highest BCUT2D eigenvalue weighted by atomic mass is 35.5. The van der Waals surface area contributed by atoms with Crippen molar-refractivity contribution in [1.82, 2.24) is 4.98 Å². The van der Waals surface area contributed by atoms with Crippen LogP contribution < -0.4 is 10.5 Å². The fourth-order valence-electron chi connectivity index (χ4n) is 1.60. The number of nitrogens with zero attached hydrogens (tertiary/aromatic N) is 1. The summed E-state index contributed by atoms with van der Waals surface area (Å²) in [4.78, 5) is 4.16. The van der Waals surface area contributed by atoms with Gasteiger partial charge < -0.3 is 10.5 Å². The summed E-state index contributed by atoms with van der Waals surface area (Å²) in [6.07, 6.45) is 3.55. The topological polar surface area (TPSA) is 48.1 Å². The molecule has 0 spiro atoms. The van der Waals surface area contributed by atoms with Crippen LogP contribution in [0.5, 0.6) is 5.75 Å². The minimum Gasteiger partial charge on any atom is -0.495 e. The summed E-state index contributed by atoms with van der Waals surface area (Å²) in [5, 5.41) is 0.596. The van der Waals surface area contributed by atoms with Crippen molar-refractivity contribution in [1.29, 1.82) is 0 Å². The predicted molar refractivity (Wildman–Crippen MR) is 69.1 cm³/mol. The highest BCUT2D eigenvalue weighted by Crippen LogP contribution is 2.30. The van der Waals surface area contributed by atoms with Gasteiger partial charge in [-0.3, -0.25) is 4.98 Å². The van der Waals surface area contributed by atoms with E-state index in [1.165, 1.54) is 0 Å². The van der Waals surface area contributed by atoms with Gasteiger partial charge in [-0.1, -0.05) is 17.7 Å². The molecule has 0 saturated heterocycles. The number of ether oxygens (including phenoxy) is 1. The summed E-state index contributed by atoms with van der Waals surface area (Å²) >= 11 is 5.98. The number of benzene rings is 1. The normalized spacial score (nSPS) is 10.3. The summed E-state index contributed by atoms with van der Waals surface area (Å²) in [7, 11) is 1.60. The van der Waals surface area contributed by atoms with Crippen LogP contribution in [0.4, 0.5) is 0 Å². The molecule has 3 nitrogen and oxygen atoms in total. The smallest absolute Gasteiger partial charge is 0.138 e. The van der Waals surface area contributed by atoms with Crippen molar-refractivity contribution in [2.75, 3.05) is 7.11 Å². The molecular formula is C13H13ClN2O. The lowest BCUT2D eigenvalue weighted by Crippen LogP contribution is -1.97. The average Bonchev–Trinajstić information content (AvgIpc) is 2.39. The van der Waals surface area contributed by atoms with Gasteiger partial charge in [0.1, 0.15) is 5.75 Å². The zero-order valence-electron chi connectivity index (χ0n) is 9.48. The maximum absolute atomic E-state index is 5.98. The van der Waals surface area contributed by atoms with E-state index in [0.29, 0.717) is 17.3 Å². The second-order valence-corrected chi connectivity index (χ2v) is 4.04. The van der Waals surface area contributed by atoms with Crippen molar-refractivity contribution in [2.24, 2.45) is 5.73 Å². The van der Waals surface area contributed by atoms with Crippen molar-refractivity contribution in [3.8, 4) is 16.9 Å². The fraction of sp³-hybridized carbons (Fsp3) is 0.154. The van der Waals surface area contributed by atoms with Gasteiger partial charge in [0.25, 0.3) is 0 Å². The van der Waals surface area contributed by atoms with E-state index in [9.17, 15) is 0 Å². The number of pyridine rings is 1. The van der Waals surface area contributed by atoms with Gasteiger partial charge in [-0.2, -0.15) is 0 Å². The first-order chi connectivity index (χ1) is 8.24. The van der Waals surface area contributed by atoms with Gasteiger partial charge in [0.2, 0.25) is 0 Å². The summed E-state index contributed by atoms with van der Waals surface area (Å²) in [6, 6.07) is 7.64. The van der Waals surface area contributed by atoms with Crippen LogP contribution in [-0.4, -0.2) is 12.1 Å². The minimum atomic E-state index is 0.478. The highest BCUT2D eigenvalue weighted by Gasteiger charge is 2.04. The Kier molecular flexibility index (Phi) is 3.61. The third-order valence-electron chi connectivity index (χ3n) is 2.52. The molecule has 0 atom stereocenters. The molecule has 0 bridgehead atoms. The molecule has 0 saturated carbocycles. The van der Waals surface area contributed by atoms with Crippen LogP contribution in [0.1, 0.15) is 5.56 Å². The third kappa shape index (κ3) is 2.57. The number of methoxy groups -OCH3 is 1. The molecule has 88 valence electrons. The quantitative estimate of drug-likeness (QED) is 0.909. The monoisotopic (exact) mass is 248 g/mol. The van der Waals surface area contributed by atoms with E-state index in [0.717, 1.165) is 16.7 Å². The molecule has 2 rings (SSSR count). The molecule has 0 amide bonds. The molecule has 0 aliphatic heterocycles. The molecular weight excluding hydrogens is 236 g/mol. The lowest BCUT2D eigenvalue weighted by molar-refractivity contribution is 0.415. The Labute approximate surface area is 105 Å². The molecule has 0 radical (unpaired) electrons. The number of rotatable bonds is 3. The molecule has 0 unspecified atom stereocenters. The van der Waals surface area contributed by atoms with Crippen LogP contribution in [0.25, 0.3) is 11.1 Å². The Morgan fingerprint density at radius 1 is 1.24 bits per heavy atom. The number of hydrogen-bond donors (Lipinski definition) is 1. The van der Waals surface area contributed by atoms with Gasteiger partial charge in [-0.05, 0) is 29.3 Å². The van der Waals surface area contributed by atoms with E-state index in [1.807, 2.05) is 24.3 Å². The van der Waals surface area contributed by atoms with Crippen molar-refractivity contribution in [3.63, 3.8) is 0 Å². The molecule has 0 aliphatic carbocycles. The Balaban J connectivity index is 2.45. The Hall–Kier alpha value is -1.58. The molecule has 0 fully saturated rings. The second-order valence-electron chi connectivity index (χ2n) is 3.64. The van der Waals surface area contributed by atoms with Crippen LogP contribution in [0, 0.1) is 0 Å². The molecule has 0 aliphatic rings. The predicted octanol–water partition coefficient (Wildman–Crippen LogP) is 2.87. The molecule has 4 heteroatoms. The van der Waals surface area contributed by atoms with E-state index in [2.05, 4.69) is 4.98 Å². The van der Waals surface area contributed by atoms with E-state index in [4.69, 9.17) is 22.1 Å². The Bertz CT molecular complexity index is 529. The molecule has 1 aromatic heterocycles. The molecule has 1 aromatic carbocycles. The molecule has 1 heterocycles. The number of nitrogens with two attached hydrogens (primary N) is 1. The fourth-order valence-corrected chi connectivity index (χ4v) is 1.79. The largest absolute Gasteiger partial charge is 0.495 e. The third-order valence-corrected chi connectivity index (χ3v) is 2.83. The van der Waals surface area contributed by atoms with Gasteiger partial charge in [0, 0.05) is 24.5 Å². The zero-order valence-corrected chi connectivity index (χ0v) is 10.2.